The van der Waals surface area contributed by atoms with E-state index in [4.69, 9.17) is 4.74 Å². The zero-order valence-corrected chi connectivity index (χ0v) is 12.0. The highest BCUT2D eigenvalue weighted by atomic mass is 16.5. The van der Waals surface area contributed by atoms with E-state index in [1.807, 2.05) is 4.90 Å². The Morgan fingerprint density at radius 2 is 1.75 bits per heavy atom. The second-order valence-corrected chi connectivity index (χ2v) is 6.37. The lowest BCUT2D eigenvalue weighted by molar-refractivity contribution is -0.127. The van der Waals surface area contributed by atoms with Crippen molar-refractivity contribution >= 4 is 11.9 Å². The minimum Gasteiger partial charge on any atom is -0.381 e. The van der Waals surface area contributed by atoms with Gasteiger partial charge in [-0.25, -0.2) is 4.79 Å². The normalized spacial score (nSPS) is 27.7. The Bertz CT molecular complexity index is 383. The topological polar surface area (TPSA) is 58.6 Å². The Kier molecular flexibility index (Phi) is 3.96. The fourth-order valence-corrected chi connectivity index (χ4v) is 3.85. The molecule has 0 bridgehead atoms. The molecule has 3 amide bonds. The first-order valence-corrected chi connectivity index (χ1v) is 7.93. The molecule has 3 aliphatic rings. The van der Waals surface area contributed by atoms with Gasteiger partial charge in [-0.15, -0.1) is 0 Å². The van der Waals surface area contributed by atoms with E-state index in [1.54, 1.807) is 0 Å². The lowest BCUT2D eigenvalue weighted by atomic mass is 9.87. The minimum atomic E-state index is -0.550. The Morgan fingerprint density at radius 1 is 1.10 bits per heavy atom. The van der Waals surface area contributed by atoms with Crippen molar-refractivity contribution in [3.8, 4) is 0 Å². The van der Waals surface area contributed by atoms with Crippen LogP contribution in [-0.2, 0) is 9.53 Å². The van der Waals surface area contributed by atoms with Crippen molar-refractivity contribution in [1.29, 1.82) is 0 Å². The molecule has 3 fully saturated rings. The molecule has 20 heavy (non-hydrogen) atoms. The van der Waals surface area contributed by atoms with Crippen LogP contribution in [0.4, 0.5) is 4.79 Å². The number of carbonyl (C=O) groups is 2. The first kappa shape index (κ1) is 13.9. The van der Waals surface area contributed by atoms with E-state index in [9.17, 15) is 9.59 Å². The molecule has 112 valence electrons. The van der Waals surface area contributed by atoms with Gasteiger partial charge < -0.3 is 9.64 Å². The van der Waals surface area contributed by atoms with Gasteiger partial charge in [-0.05, 0) is 31.6 Å². The smallest absolute Gasteiger partial charge is 0.325 e. The standard InChI is InChI=1S/C15H24N2O3/c18-13-15(7-3-1-2-4-8-15)17(14(19)16-13)11-12-5-9-20-10-6-12/h12H,1-11H2,(H,16,18,19). The number of hydrogen-bond acceptors (Lipinski definition) is 3. The molecule has 5 nitrogen and oxygen atoms in total. The molecular weight excluding hydrogens is 256 g/mol. The number of rotatable bonds is 2. The van der Waals surface area contributed by atoms with Gasteiger partial charge in [-0.2, -0.15) is 0 Å². The van der Waals surface area contributed by atoms with Gasteiger partial charge in [0.05, 0.1) is 0 Å². The molecule has 2 heterocycles. The fraction of sp³-hybridized carbons (Fsp3) is 0.867. The molecular formula is C15H24N2O3. The summed E-state index contributed by atoms with van der Waals surface area (Å²) in [5.41, 5.74) is -0.550. The van der Waals surface area contributed by atoms with Gasteiger partial charge in [0.1, 0.15) is 5.54 Å². The number of urea groups is 1. The molecule has 0 unspecified atom stereocenters. The van der Waals surface area contributed by atoms with Crippen LogP contribution in [0.3, 0.4) is 0 Å². The second kappa shape index (κ2) is 5.72. The number of nitrogens with one attached hydrogen (secondary N) is 1. The molecule has 2 aliphatic heterocycles. The number of imide groups is 1. The highest BCUT2D eigenvalue weighted by molar-refractivity contribution is 6.07. The SMILES string of the molecule is O=C1NC(=O)C2(CCCCCC2)N1CC1CCOCC1. The maximum Gasteiger partial charge on any atom is 0.325 e. The number of carbonyl (C=O) groups excluding carboxylic acids is 2. The molecule has 3 rings (SSSR count). The quantitative estimate of drug-likeness (QED) is 0.788. The van der Waals surface area contributed by atoms with E-state index in [1.165, 1.54) is 12.8 Å². The summed E-state index contributed by atoms with van der Waals surface area (Å²) in [4.78, 5) is 26.4. The maximum atomic E-state index is 12.4. The summed E-state index contributed by atoms with van der Waals surface area (Å²) in [6, 6.07) is -0.177. The Hall–Kier alpha value is -1.10. The Morgan fingerprint density at radius 3 is 2.40 bits per heavy atom. The molecule has 1 spiro atoms. The van der Waals surface area contributed by atoms with Crippen molar-refractivity contribution in [2.24, 2.45) is 5.92 Å². The largest absolute Gasteiger partial charge is 0.381 e. The maximum absolute atomic E-state index is 12.4. The van der Waals surface area contributed by atoms with E-state index < -0.39 is 5.54 Å². The van der Waals surface area contributed by atoms with Crippen LogP contribution in [0.2, 0.25) is 0 Å². The zero-order chi connectivity index (χ0) is 14.0. The summed E-state index contributed by atoms with van der Waals surface area (Å²) < 4.78 is 5.38. The molecule has 0 aromatic heterocycles. The van der Waals surface area contributed by atoms with Gasteiger partial charge in [-0.3, -0.25) is 10.1 Å². The highest BCUT2D eigenvalue weighted by Gasteiger charge is 2.52. The van der Waals surface area contributed by atoms with E-state index in [-0.39, 0.29) is 11.9 Å². The molecule has 5 heteroatoms. The summed E-state index contributed by atoms with van der Waals surface area (Å²) in [5, 5.41) is 2.56. The van der Waals surface area contributed by atoms with Crippen LogP contribution in [0.1, 0.15) is 51.4 Å². The van der Waals surface area contributed by atoms with Crippen LogP contribution in [0.15, 0.2) is 0 Å². The van der Waals surface area contributed by atoms with Gasteiger partial charge in [0.15, 0.2) is 0 Å². The van der Waals surface area contributed by atoms with Crippen molar-refractivity contribution in [3.05, 3.63) is 0 Å². The third kappa shape index (κ3) is 2.43. The molecule has 1 N–H and O–H groups in total. The number of nitrogens with zero attached hydrogens (tertiary/aromatic N) is 1. The summed E-state index contributed by atoms with van der Waals surface area (Å²) in [6.07, 6.45) is 8.09. The molecule has 1 aliphatic carbocycles. The first-order valence-electron chi connectivity index (χ1n) is 7.93. The minimum absolute atomic E-state index is 0.0588. The molecule has 0 radical (unpaired) electrons. The van der Waals surface area contributed by atoms with Crippen molar-refractivity contribution in [2.45, 2.75) is 56.9 Å². The van der Waals surface area contributed by atoms with Crippen LogP contribution in [-0.4, -0.2) is 42.1 Å². The molecule has 0 atom stereocenters. The van der Waals surface area contributed by atoms with E-state index in [0.29, 0.717) is 12.5 Å². The van der Waals surface area contributed by atoms with Crippen molar-refractivity contribution in [2.75, 3.05) is 19.8 Å². The zero-order valence-electron chi connectivity index (χ0n) is 12.0. The van der Waals surface area contributed by atoms with Crippen molar-refractivity contribution in [3.63, 3.8) is 0 Å². The fourth-order valence-electron chi connectivity index (χ4n) is 3.85. The molecule has 2 saturated heterocycles. The summed E-state index contributed by atoms with van der Waals surface area (Å²) >= 11 is 0. The monoisotopic (exact) mass is 280 g/mol. The van der Waals surface area contributed by atoms with Crippen LogP contribution in [0.5, 0.6) is 0 Å². The average Bonchev–Trinajstić information content (AvgIpc) is 2.66. The Balaban J connectivity index is 1.77. The number of ether oxygens (including phenoxy) is 1. The lowest BCUT2D eigenvalue weighted by Gasteiger charge is -2.37. The van der Waals surface area contributed by atoms with Crippen molar-refractivity contribution in [1.82, 2.24) is 10.2 Å². The molecule has 0 aromatic carbocycles. The highest BCUT2D eigenvalue weighted by Crippen LogP contribution is 2.37. The predicted octanol–water partition coefficient (Wildman–Crippen LogP) is 2.06. The van der Waals surface area contributed by atoms with Gasteiger partial charge in [0, 0.05) is 19.8 Å². The van der Waals surface area contributed by atoms with Gasteiger partial charge >= 0.3 is 6.03 Å². The first-order chi connectivity index (χ1) is 9.72. The van der Waals surface area contributed by atoms with E-state index >= 15 is 0 Å². The van der Waals surface area contributed by atoms with E-state index in [0.717, 1.165) is 51.7 Å². The van der Waals surface area contributed by atoms with Gasteiger partial charge in [-0.1, -0.05) is 25.7 Å². The van der Waals surface area contributed by atoms with Gasteiger partial charge in [0.2, 0.25) is 0 Å². The van der Waals surface area contributed by atoms with Crippen molar-refractivity contribution < 1.29 is 14.3 Å². The van der Waals surface area contributed by atoms with Crippen LogP contribution < -0.4 is 5.32 Å². The lowest BCUT2D eigenvalue weighted by Crippen LogP contribution is -2.51. The van der Waals surface area contributed by atoms with Gasteiger partial charge in [0.25, 0.3) is 5.91 Å². The summed E-state index contributed by atoms with van der Waals surface area (Å²) in [5.74, 6) is 0.414. The number of hydrogen-bond donors (Lipinski definition) is 1. The summed E-state index contributed by atoms with van der Waals surface area (Å²) in [7, 11) is 0. The van der Waals surface area contributed by atoms with Crippen LogP contribution >= 0.6 is 0 Å². The third-order valence-electron chi connectivity index (χ3n) is 5.12. The predicted molar refractivity (Wildman–Crippen MR) is 74.2 cm³/mol. The van der Waals surface area contributed by atoms with Crippen LogP contribution in [0.25, 0.3) is 0 Å². The molecule has 1 saturated carbocycles. The second-order valence-electron chi connectivity index (χ2n) is 6.37. The molecule has 0 aromatic rings. The average molecular weight is 280 g/mol. The third-order valence-corrected chi connectivity index (χ3v) is 5.12. The number of amides is 3. The van der Waals surface area contributed by atoms with E-state index in [2.05, 4.69) is 5.32 Å². The Labute approximate surface area is 120 Å². The van der Waals surface area contributed by atoms with Crippen LogP contribution in [0, 0.1) is 5.92 Å². The summed E-state index contributed by atoms with van der Waals surface area (Å²) in [6.45, 7) is 2.27.